The smallest absolute Gasteiger partial charge is 0.390 e. The van der Waals surface area contributed by atoms with E-state index in [1.165, 1.54) is 17.0 Å². The van der Waals surface area contributed by atoms with E-state index in [2.05, 4.69) is 10.5 Å². The van der Waals surface area contributed by atoms with Crippen molar-refractivity contribution < 1.29 is 22.8 Å². The van der Waals surface area contributed by atoms with Crippen molar-refractivity contribution in [2.24, 2.45) is 5.16 Å². The number of benzene rings is 2. The number of nitrogens with zero attached hydrogens (tertiary/aromatic N) is 2. The molecule has 0 fully saturated rings. The van der Waals surface area contributed by atoms with Gasteiger partial charge in [-0.3, -0.25) is 0 Å². The Morgan fingerprint density at radius 2 is 1.81 bits per heavy atom. The lowest BCUT2D eigenvalue weighted by molar-refractivity contribution is -0.137. The highest BCUT2D eigenvalue weighted by Gasteiger charge is 2.31. The first-order chi connectivity index (χ1) is 14.9. The lowest BCUT2D eigenvalue weighted by Gasteiger charge is -2.29. The van der Waals surface area contributed by atoms with E-state index in [4.69, 9.17) is 16.4 Å². The summed E-state index contributed by atoms with van der Waals surface area (Å²) in [5.74, 6) is 0. The van der Waals surface area contributed by atoms with E-state index in [0.717, 1.165) is 17.7 Å². The van der Waals surface area contributed by atoms with Crippen molar-refractivity contribution in [2.45, 2.75) is 51.6 Å². The molecule has 5 nitrogen and oxygen atoms in total. The molecule has 172 valence electrons. The van der Waals surface area contributed by atoms with E-state index in [1.807, 2.05) is 39.0 Å². The molecule has 1 atom stereocenters. The summed E-state index contributed by atoms with van der Waals surface area (Å²) in [5.41, 5.74) is 0.818. The average Bonchev–Trinajstić information content (AvgIpc) is 3.14. The molecule has 2 aromatic carbocycles. The molecular weight excluding hydrogens is 443 g/mol. The normalized spacial score (nSPS) is 16.3. The first kappa shape index (κ1) is 23.9. The maximum atomic E-state index is 12.9. The Kier molecular flexibility index (Phi) is 7.03. The topological polar surface area (TPSA) is 53.9 Å². The van der Waals surface area contributed by atoms with Crippen molar-refractivity contribution in [1.29, 1.82) is 0 Å². The molecule has 3 rings (SSSR count). The van der Waals surface area contributed by atoms with Crippen LogP contribution in [0.5, 0.6) is 0 Å². The summed E-state index contributed by atoms with van der Waals surface area (Å²) in [6, 6.07) is 11.7. The van der Waals surface area contributed by atoms with E-state index >= 15 is 0 Å². The second kappa shape index (κ2) is 9.40. The van der Waals surface area contributed by atoms with Gasteiger partial charge in [-0.15, -0.1) is 0 Å². The van der Waals surface area contributed by atoms with Crippen molar-refractivity contribution >= 4 is 23.3 Å². The number of urea groups is 1. The van der Waals surface area contributed by atoms with Crippen LogP contribution in [0.3, 0.4) is 0 Å². The van der Waals surface area contributed by atoms with Crippen LogP contribution in [0.25, 0.3) is 0 Å². The number of carbonyl (C=O) groups is 1. The molecule has 0 spiro atoms. The Labute approximate surface area is 190 Å². The highest BCUT2D eigenvalue weighted by Crippen LogP contribution is 2.29. The summed E-state index contributed by atoms with van der Waals surface area (Å²) >= 11 is 6.24. The number of hydrogen-bond acceptors (Lipinski definition) is 3. The first-order valence-electron chi connectivity index (χ1n) is 10.1. The summed E-state index contributed by atoms with van der Waals surface area (Å²) in [6.45, 7) is 5.89. The number of rotatable bonds is 5. The molecule has 32 heavy (non-hydrogen) atoms. The molecule has 1 unspecified atom stereocenters. The Balaban J connectivity index is 1.72. The largest absolute Gasteiger partial charge is 0.416 e. The Hall–Kier alpha value is -2.74. The van der Waals surface area contributed by atoms with Crippen LogP contribution in [-0.4, -0.2) is 34.8 Å². The molecule has 2 amide bonds. The Morgan fingerprint density at radius 3 is 2.41 bits per heavy atom. The molecule has 1 heterocycles. The van der Waals surface area contributed by atoms with Crippen LogP contribution >= 0.6 is 11.6 Å². The molecule has 0 aromatic heterocycles. The molecular formula is C23H25ClF3N3O2. The van der Waals surface area contributed by atoms with Gasteiger partial charge in [0.1, 0.15) is 0 Å². The zero-order valence-corrected chi connectivity index (χ0v) is 18.8. The van der Waals surface area contributed by atoms with E-state index in [9.17, 15) is 18.0 Å². The van der Waals surface area contributed by atoms with Gasteiger partial charge in [0.05, 0.1) is 17.8 Å². The number of hydrogen-bond donors (Lipinski definition) is 1. The van der Waals surface area contributed by atoms with Crippen molar-refractivity contribution in [3.05, 3.63) is 70.2 Å². The Morgan fingerprint density at radius 1 is 1.16 bits per heavy atom. The van der Waals surface area contributed by atoms with E-state index in [-0.39, 0.29) is 19.1 Å². The summed E-state index contributed by atoms with van der Waals surface area (Å²) in [6.07, 6.45) is -4.36. The number of nitrogens with one attached hydrogen (secondary N) is 1. The zero-order valence-electron chi connectivity index (χ0n) is 18.0. The number of alkyl halides is 3. The van der Waals surface area contributed by atoms with Crippen molar-refractivity contribution in [1.82, 2.24) is 10.2 Å². The molecule has 1 aliphatic heterocycles. The van der Waals surface area contributed by atoms with Crippen LogP contribution < -0.4 is 5.32 Å². The fourth-order valence-corrected chi connectivity index (χ4v) is 3.51. The molecule has 1 aliphatic rings. The zero-order chi connectivity index (χ0) is 23.5. The predicted molar refractivity (Wildman–Crippen MR) is 118 cm³/mol. The lowest BCUT2D eigenvalue weighted by atomic mass is 10.0. The molecule has 0 aliphatic carbocycles. The standard InChI is InChI=1S/C23H25ClF3N3O2/c1-22(2,3)28-21(31)30(13-15-8-10-16(11-9-15)23(25,26)27)14-17-12-20(29-32-17)18-6-4-5-7-19(18)24/h4-11,17H,12-14H2,1-3H3,(H,28,31). The number of halogens is 4. The molecule has 9 heteroatoms. The van der Waals surface area contributed by atoms with Crippen LogP contribution in [0.15, 0.2) is 53.7 Å². The van der Waals surface area contributed by atoms with Crippen molar-refractivity contribution in [3.8, 4) is 0 Å². The van der Waals surface area contributed by atoms with Crippen LogP contribution in [-0.2, 0) is 17.6 Å². The third-order valence-corrected chi connectivity index (χ3v) is 5.10. The highest BCUT2D eigenvalue weighted by molar-refractivity contribution is 6.34. The lowest BCUT2D eigenvalue weighted by Crippen LogP contribution is -2.50. The molecule has 0 saturated carbocycles. The van der Waals surface area contributed by atoms with Gasteiger partial charge in [0.2, 0.25) is 0 Å². The van der Waals surface area contributed by atoms with Gasteiger partial charge < -0.3 is 15.1 Å². The van der Waals surface area contributed by atoms with Crippen LogP contribution in [0.4, 0.5) is 18.0 Å². The third-order valence-electron chi connectivity index (χ3n) is 4.77. The van der Waals surface area contributed by atoms with Crippen LogP contribution in [0.1, 0.15) is 43.9 Å². The van der Waals surface area contributed by atoms with E-state index in [0.29, 0.717) is 22.7 Å². The minimum absolute atomic E-state index is 0.126. The third kappa shape index (κ3) is 6.38. The van der Waals surface area contributed by atoms with Gasteiger partial charge >= 0.3 is 12.2 Å². The van der Waals surface area contributed by atoms with Gasteiger partial charge in [-0.2, -0.15) is 13.2 Å². The van der Waals surface area contributed by atoms with E-state index in [1.54, 1.807) is 6.07 Å². The summed E-state index contributed by atoms with van der Waals surface area (Å²) in [5, 5.41) is 7.58. The second-order valence-corrected chi connectivity index (χ2v) is 9.11. The second-order valence-electron chi connectivity index (χ2n) is 8.70. The predicted octanol–water partition coefficient (Wildman–Crippen LogP) is 5.86. The minimum Gasteiger partial charge on any atom is -0.390 e. The highest BCUT2D eigenvalue weighted by atomic mass is 35.5. The molecule has 0 bridgehead atoms. The van der Waals surface area contributed by atoms with Gasteiger partial charge in [0, 0.05) is 29.1 Å². The Bertz CT molecular complexity index is 985. The van der Waals surface area contributed by atoms with Gasteiger partial charge in [0.25, 0.3) is 0 Å². The minimum atomic E-state index is -4.41. The molecule has 0 saturated heterocycles. The van der Waals surface area contributed by atoms with Crippen LogP contribution in [0, 0.1) is 0 Å². The SMILES string of the molecule is CC(C)(C)NC(=O)N(Cc1ccc(C(F)(F)F)cc1)CC1CC(c2ccccc2Cl)=NO1. The van der Waals surface area contributed by atoms with Crippen molar-refractivity contribution in [2.75, 3.05) is 6.54 Å². The van der Waals surface area contributed by atoms with Gasteiger partial charge in [-0.25, -0.2) is 4.79 Å². The molecule has 0 radical (unpaired) electrons. The molecule has 2 aromatic rings. The van der Waals surface area contributed by atoms with Gasteiger partial charge in [0.15, 0.2) is 6.10 Å². The van der Waals surface area contributed by atoms with Crippen LogP contribution in [0.2, 0.25) is 5.02 Å². The fourth-order valence-electron chi connectivity index (χ4n) is 3.27. The summed E-state index contributed by atoms with van der Waals surface area (Å²) < 4.78 is 38.6. The summed E-state index contributed by atoms with van der Waals surface area (Å²) in [4.78, 5) is 20.0. The van der Waals surface area contributed by atoms with Crippen molar-refractivity contribution in [3.63, 3.8) is 0 Å². The quantitative estimate of drug-likeness (QED) is 0.598. The van der Waals surface area contributed by atoms with Gasteiger partial charge in [-0.05, 0) is 44.5 Å². The van der Waals surface area contributed by atoms with E-state index < -0.39 is 23.4 Å². The van der Waals surface area contributed by atoms with Gasteiger partial charge in [-0.1, -0.05) is 47.1 Å². The monoisotopic (exact) mass is 467 g/mol. The molecule has 1 N–H and O–H groups in total. The first-order valence-corrected chi connectivity index (χ1v) is 10.5. The number of amides is 2. The summed E-state index contributed by atoms with van der Waals surface area (Å²) in [7, 11) is 0. The maximum absolute atomic E-state index is 12.9. The maximum Gasteiger partial charge on any atom is 0.416 e. The number of oxime groups is 1. The number of carbonyl (C=O) groups excluding carboxylic acids is 1. The average molecular weight is 468 g/mol. The fraction of sp³-hybridized carbons (Fsp3) is 0.391.